The number of fused-ring (bicyclic) bond motifs is 1. The van der Waals surface area contributed by atoms with Gasteiger partial charge in [-0.05, 0) is 43.9 Å². The first kappa shape index (κ1) is 17.5. The zero-order valence-corrected chi connectivity index (χ0v) is 15.7. The summed E-state index contributed by atoms with van der Waals surface area (Å²) in [5, 5.41) is 3.13. The second kappa shape index (κ2) is 10.1. The zero-order valence-electron chi connectivity index (χ0n) is 12.6. The number of halogens is 2. The molecule has 0 N–H and O–H groups in total. The van der Waals surface area contributed by atoms with Gasteiger partial charge in [0.25, 0.3) is 0 Å². The number of hydrogen-bond acceptors (Lipinski definition) is 3. The third kappa shape index (κ3) is 5.76. The molecule has 0 saturated carbocycles. The minimum Gasteiger partial charge on any atom is -0.494 e. The molecule has 2 aromatic rings. The van der Waals surface area contributed by atoms with Crippen LogP contribution in [0.3, 0.4) is 0 Å². The number of benzene rings is 1. The fraction of sp³-hybridized carbons (Fsp3) is 0.471. The van der Waals surface area contributed by atoms with Gasteiger partial charge in [0.1, 0.15) is 5.75 Å². The van der Waals surface area contributed by atoms with Gasteiger partial charge in [-0.2, -0.15) is 0 Å². The number of hydrogen-bond donors (Lipinski definition) is 0. The van der Waals surface area contributed by atoms with Crippen molar-refractivity contribution in [1.29, 1.82) is 0 Å². The quantitative estimate of drug-likeness (QED) is 0.376. The van der Waals surface area contributed by atoms with Gasteiger partial charge in [-0.15, -0.1) is 0 Å². The number of rotatable bonds is 10. The molecule has 0 unspecified atom stereocenters. The first-order valence-electron chi connectivity index (χ1n) is 7.62. The van der Waals surface area contributed by atoms with Gasteiger partial charge >= 0.3 is 0 Å². The molecule has 0 atom stereocenters. The highest BCUT2D eigenvalue weighted by molar-refractivity contribution is 9.09. The molecule has 0 aliphatic rings. The first-order valence-corrected chi connectivity index (χ1v) is 9.86. The fourth-order valence-corrected chi connectivity index (χ4v) is 2.80. The van der Waals surface area contributed by atoms with Crippen molar-refractivity contribution in [2.24, 2.45) is 0 Å². The standard InChI is InChI=1S/C17H21Br2NO2/c18-9-1-3-11-21-15-7-5-14-6-8-17(20-16(14)13-15)22-12-4-2-10-19/h5-8,13H,1-4,9-12H2. The van der Waals surface area contributed by atoms with E-state index in [0.717, 1.165) is 59.6 Å². The van der Waals surface area contributed by atoms with Crippen LogP contribution in [0, 0.1) is 0 Å². The van der Waals surface area contributed by atoms with Gasteiger partial charge in [-0.25, -0.2) is 4.98 Å². The van der Waals surface area contributed by atoms with Crippen molar-refractivity contribution in [3.63, 3.8) is 0 Å². The maximum absolute atomic E-state index is 5.76. The summed E-state index contributed by atoms with van der Waals surface area (Å²) in [6.45, 7) is 1.44. The van der Waals surface area contributed by atoms with Crippen LogP contribution in [0.4, 0.5) is 0 Å². The molecule has 5 heteroatoms. The normalized spacial score (nSPS) is 10.8. The predicted molar refractivity (Wildman–Crippen MR) is 98.8 cm³/mol. The summed E-state index contributed by atoms with van der Waals surface area (Å²) in [5.41, 5.74) is 0.913. The van der Waals surface area contributed by atoms with E-state index in [1.807, 2.05) is 30.3 Å². The summed E-state index contributed by atoms with van der Waals surface area (Å²) in [6.07, 6.45) is 4.31. The number of pyridine rings is 1. The third-order valence-corrected chi connectivity index (χ3v) is 4.33. The van der Waals surface area contributed by atoms with Crippen LogP contribution in [0.15, 0.2) is 30.3 Å². The molecule has 0 aliphatic heterocycles. The molecular formula is C17H21Br2NO2. The molecule has 1 aromatic carbocycles. The molecule has 0 aliphatic carbocycles. The summed E-state index contributed by atoms with van der Waals surface area (Å²) < 4.78 is 11.5. The Balaban J connectivity index is 1.96. The Labute approximate surface area is 148 Å². The Morgan fingerprint density at radius 1 is 0.818 bits per heavy atom. The largest absolute Gasteiger partial charge is 0.494 e. The average Bonchev–Trinajstić information content (AvgIpc) is 2.55. The highest BCUT2D eigenvalue weighted by Crippen LogP contribution is 2.22. The Hall–Kier alpha value is -0.810. The molecule has 0 spiro atoms. The molecular weight excluding hydrogens is 410 g/mol. The van der Waals surface area contributed by atoms with E-state index < -0.39 is 0 Å². The lowest BCUT2D eigenvalue weighted by atomic mass is 10.2. The topological polar surface area (TPSA) is 31.4 Å². The van der Waals surface area contributed by atoms with Gasteiger partial charge in [-0.1, -0.05) is 31.9 Å². The maximum atomic E-state index is 5.76. The van der Waals surface area contributed by atoms with Gasteiger partial charge in [-0.3, -0.25) is 0 Å². The van der Waals surface area contributed by atoms with Crippen molar-refractivity contribution < 1.29 is 9.47 Å². The van der Waals surface area contributed by atoms with Crippen LogP contribution < -0.4 is 9.47 Å². The molecule has 0 amide bonds. The van der Waals surface area contributed by atoms with Crippen molar-refractivity contribution in [1.82, 2.24) is 4.98 Å². The molecule has 0 radical (unpaired) electrons. The Morgan fingerprint density at radius 2 is 1.50 bits per heavy atom. The van der Waals surface area contributed by atoms with Crippen LogP contribution in [0.25, 0.3) is 10.9 Å². The van der Waals surface area contributed by atoms with Crippen LogP contribution in [-0.2, 0) is 0 Å². The predicted octanol–water partition coefficient (Wildman–Crippen LogP) is 5.34. The van der Waals surface area contributed by atoms with E-state index in [-0.39, 0.29) is 0 Å². The monoisotopic (exact) mass is 429 g/mol. The van der Waals surface area contributed by atoms with Crippen molar-refractivity contribution in [2.75, 3.05) is 23.9 Å². The molecule has 0 fully saturated rings. The van der Waals surface area contributed by atoms with Crippen molar-refractivity contribution >= 4 is 42.8 Å². The van der Waals surface area contributed by atoms with Crippen LogP contribution in [0.2, 0.25) is 0 Å². The van der Waals surface area contributed by atoms with Crippen molar-refractivity contribution in [3.8, 4) is 11.6 Å². The number of aromatic nitrogens is 1. The number of unbranched alkanes of at least 4 members (excludes halogenated alkanes) is 2. The van der Waals surface area contributed by atoms with E-state index in [9.17, 15) is 0 Å². The van der Waals surface area contributed by atoms with Crippen LogP contribution >= 0.6 is 31.9 Å². The number of ether oxygens (including phenoxy) is 2. The Kier molecular flexibility index (Phi) is 8.02. The summed E-state index contributed by atoms with van der Waals surface area (Å²) in [4.78, 5) is 4.56. The SMILES string of the molecule is BrCCCCOc1ccc2ccc(OCCCCBr)nc2c1. The molecule has 1 aromatic heterocycles. The van der Waals surface area contributed by atoms with E-state index in [4.69, 9.17) is 9.47 Å². The van der Waals surface area contributed by atoms with Gasteiger partial charge in [0.2, 0.25) is 5.88 Å². The summed E-state index contributed by atoms with van der Waals surface area (Å²) >= 11 is 6.84. The highest BCUT2D eigenvalue weighted by atomic mass is 79.9. The molecule has 1 heterocycles. The zero-order chi connectivity index (χ0) is 15.6. The molecule has 2 rings (SSSR count). The van der Waals surface area contributed by atoms with E-state index >= 15 is 0 Å². The summed E-state index contributed by atoms with van der Waals surface area (Å²) in [5.74, 6) is 1.55. The number of nitrogens with zero attached hydrogens (tertiary/aromatic N) is 1. The van der Waals surface area contributed by atoms with Crippen molar-refractivity contribution in [3.05, 3.63) is 30.3 Å². The van der Waals surface area contributed by atoms with Crippen LogP contribution in [0.5, 0.6) is 11.6 Å². The lowest BCUT2D eigenvalue weighted by Crippen LogP contribution is -2.00. The minimum absolute atomic E-state index is 0.679. The first-order chi connectivity index (χ1) is 10.8. The van der Waals surface area contributed by atoms with E-state index in [1.165, 1.54) is 0 Å². The highest BCUT2D eigenvalue weighted by Gasteiger charge is 2.02. The summed E-state index contributed by atoms with van der Waals surface area (Å²) in [6, 6.07) is 9.98. The van der Waals surface area contributed by atoms with E-state index in [1.54, 1.807) is 0 Å². The second-order valence-corrected chi connectivity index (χ2v) is 6.58. The van der Waals surface area contributed by atoms with Crippen LogP contribution in [-0.4, -0.2) is 28.9 Å². The van der Waals surface area contributed by atoms with Gasteiger partial charge in [0, 0.05) is 28.2 Å². The lowest BCUT2D eigenvalue weighted by molar-refractivity contribution is 0.299. The summed E-state index contributed by atoms with van der Waals surface area (Å²) in [7, 11) is 0. The fourth-order valence-electron chi connectivity index (χ4n) is 2.01. The Morgan fingerprint density at radius 3 is 2.23 bits per heavy atom. The smallest absolute Gasteiger partial charge is 0.213 e. The second-order valence-electron chi connectivity index (χ2n) is 4.99. The van der Waals surface area contributed by atoms with Gasteiger partial charge < -0.3 is 9.47 Å². The lowest BCUT2D eigenvalue weighted by Gasteiger charge is -2.08. The molecule has 0 bridgehead atoms. The van der Waals surface area contributed by atoms with Crippen molar-refractivity contribution in [2.45, 2.75) is 25.7 Å². The maximum Gasteiger partial charge on any atom is 0.213 e. The average molecular weight is 431 g/mol. The van der Waals surface area contributed by atoms with Crippen LogP contribution in [0.1, 0.15) is 25.7 Å². The molecule has 0 saturated heterocycles. The molecule has 120 valence electrons. The van der Waals surface area contributed by atoms with Gasteiger partial charge in [0.05, 0.1) is 18.7 Å². The van der Waals surface area contributed by atoms with Gasteiger partial charge in [0.15, 0.2) is 0 Å². The Bertz CT molecular complexity index is 531. The molecule has 3 nitrogen and oxygen atoms in total. The third-order valence-electron chi connectivity index (χ3n) is 3.21. The van der Waals surface area contributed by atoms with E-state index in [2.05, 4.69) is 36.8 Å². The minimum atomic E-state index is 0.679. The number of alkyl halides is 2. The molecule has 22 heavy (non-hydrogen) atoms. The van der Waals surface area contributed by atoms with E-state index in [0.29, 0.717) is 12.5 Å².